The first-order valence-electron chi connectivity index (χ1n) is 11.0. The molecule has 2 fully saturated rings. The maximum absolute atomic E-state index is 11.6. The third kappa shape index (κ3) is 3.88. The van der Waals surface area contributed by atoms with Crippen molar-refractivity contribution < 1.29 is 9.90 Å². The van der Waals surface area contributed by atoms with Gasteiger partial charge in [0.05, 0.1) is 11.7 Å². The quantitative estimate of drug-likeness (QED) is 0.573. The first-order valence-corrected chi connectivity index (χ1v) is 11.4. The Kier molecular flexibility index (Phi) is 5.55. The molecule has 1 aromatic heterocycles. The van der Waals surface area contributed by atoms with E-state index >= 15 is 0 Å². The zero-order chi connectivity index (χ0) is 21.4. The molecule has 2 heterocycles. The van der Waals surface area contributed by atoms with E-state index in [0.29, 0.717) is 6.04 Å². The normalized spacial score (nSPS) is 24.0. The van der Waals surface area contributed by atoms with Crippen LogP contribution in [0.15, 0.2) is 60.8 Å². The molecule has 0 spiro atoms. The van der Waals surface area contributed by atoms with E-state index in [1.807, 2.05) is 36.5 Å². The molecule has 0 radical (unpaired) electrons. The van der Waals surface area contributed by atoms with E-state index in [0.717, 1.165) is 66.1 Å². The Morgan fingerprint density at radius 2 is 1.81 bits per heavy atom. The summed E-state index contributed by atoms with van der Waals surface area (Å²) >= 11 is 6.66. The van der Waals surface area contributed by atoms with E-state index in [1.54, 1.807) is 0 Å². The monoisotopic (exact) mass is 435 g/mol. The minimum Gasteiger partial charge on any atom is -0.480 e. The molecule has 0 bridgehead atoms. The fourth-order valence-corrected chi connectivity index (χ4v) is 5.60. The van der Waals surface area contributed by atoms with Gasteiger partial charge in [-0.25, -0.2) is 0 Å². The molecule has 1 saturated carbocycles. The number of benzene rings is 2. The molecule has 2 aromatic carbocycles. The van der Waals surface area contributed by atoms with Gasteiger partial charge >= 0.3 is 5.97 Å². The maximum atomic E-state index is 11.6. The van der Waals surface area contributed by atoms with Crippen LogP contribution in [0.5, 0.6) is 0 Å². The van der Waals surface area contributed by atoms with Crippen LogP contribution in [-0.4, -0.2) is 44.4 Å². The van der Waals surface area contributed by atoms with E-state index < -0.39 is 5.97 Å². The third-order valence-electron chi connectivity index (χ3n) is 6.79. The van der Waals surface area contributed by atoms with Gasteiger partial charge in [0.25, 0.3) is 0 Å². The molecular weight excluding hydrogens is 410 g/mol. The second-order valence-electron chi connectivity index (χ2n) is 8.58. The van der Waals surface area contributed by atoms with Crippen LogP contribution in [0.1, 0.15) is 38.1 Å². The number of aliphatic carboxylic acids is 1. The van der Waals surface area contributed by atoms with Crippen molar-refractivity contribution >= 4 is 17.6 Å². The van der Waals surface area contributed by atoms with Crippen molar-refractivity contribution in [2.24, 2.45) is 0 Å². The molecule has 31 heavy (non-hydrogen) atoms. The fourth-order valence-electron chi connectivity index (χ4n) is 5.31. The summed E-state index contributed by atoms with van der Waals surface area (Å²) in [6, 6.07) is 18.7. The third-order valence-corrected chi connectivity index (χ3v) is 7.10. The lowest BCUT2D eigenvalue weighted by atomic mass is 10.0. The van der Waals surface area contributed by atoms with Crippen LogP contribution in [0.25, 0.3) is 22.4 Å². The Morgan fingerprint density at radius 1 is 1.00 bits per heavy atom. The van der Waals surface area contributed by atoms with Gasteiger partial charge in [0.1, 0.15) is 6.04 Å². The molecule has 1 aliphatic carbocycles. The summed E-state index contributed by atoms with van der Waals surface area (Å²) in [4.78, 5) is 13.8. The molecule has 2 aliphatic rings. The number of carbonyl (C=O) groups is 1. The highest BCUT2D eigenvalue weighted by atomic mass is 35.5. The number of halogens is 1. The van der Waals surface area contributed by atoms with Crippen molar-refractivity contribution in [1.82, 2.24) is 14.7 Å². The van der Waals surface area contributed by atoms with Gasteiger partial charge in [-0.2, -0.15) is 5.10 Å². The average Bonchev–Trinajstić information content (AvgIpc) is 3.53. The highest BCUT2D eigenvalue weighted by molar-refractivity contribution is 6.33. The van der Waals surface area contributed by atoms with Gasteiger partial charge in [-0.05, 0) is 56.3 Å². The van der Waals surface area contributed by atoms with Crippen molar-refractivity contribution in [3.05, 3.63) is 65.8 Å². The summed E-state index contributed by atoms with van der Waals surface area (Å²) in [6.07, 6.45) is 6.54. The number of hydrogen-bond donors (Lipinski definition) is 1. The predicted molar refractivity (Wildman–Crippen MR) is 122 cm³/mol. The Hall–Kier alpha value is -2.63. The Balaban J connectivity index is 1.37. The van der Waals surface area contributed by atoms with E-state index in [1.165, 1.54) is 0 Å². The summed E-state index contributed by atoms with van der Waals surface area (Å²) in [5, 5.41) is 14.9. The lowest BCUT2D eigenvalue weighted by molar-refractivity contribution is -0.142. The molecule has 1 N–H and O–H groups in total. The van der Waals surface area contributed by atoms with Crippen molar-refractivity contribution in [2.75, 3.05) is 6.54 Å². The Morgan fingerprint density at radius 3 is 2.58 bits per heavy atom. The Labute approximate surface area is 187 Å². The molecule has 1 aliphatic heterocycles. The molecular formula is C25H26ClN3O2. The predicted octanol–water partition coefficient (Wildman–Crippen LogP) is 5.51. The second kappa shape index (κ2) is 8.48. The van der Waals surface area contributed by atoms with Crippen molar-refractivity contribution in [1.29, 1.82) is 0 Å². The van der Waals surface area contributed by atoms with Gasteiger partial charge in [0.15, 0.2) is 0 Å². The fraction of sp³-hybridized carbons (Fsp3) is 0.360. The van der Waals surface area contributed by atoms with Crippen LogP contribution in [0.4, 0.5) is 0 Å². The molecule has 3 atom stereocenters. The van der Waals surface area contributed by atoms with Crippen LogP contribution >= 0.6 is 11.6 Å². The number of carboxylic acid groups (broad SMARTS) is 1. The highest BCUT2D eigenvalue weighted by Crippen LogP contribution is 2.39. The highest BCUT2D eigenvalue weighted by Gasteiger charge is 2.39. The smallest absolute Gasteiger partial charge is 0.320 e. The van der Waals surface area contributed by atoms with Crippen LogP contribution in [0, 0.1) is 0 Å². The van der Waals surface area contributed by atoms with E-state index in [9.17, 15) is 9.90 Å². The molecule has 5 rings (SSSR count). The SMILES string of the molecule is O=C(O)C1CCCN1[C@H]1CC[C@@H](n2nccc2-c2ccc(-c3ccccc3)c(Cl)c2)C1. The molecule has 3 aromatic rings. The summed E-state index contributed by atoms with van der Waals surface area (Å²) < 4.78 is 2.11. The van der Waals surface area contributed by atoms with Gasteiger partial charge in [0, 0.05) is 28.4 Å². The minimum absolute atomic E-state index is 0.276. The lowest BCUT2D eigenvalue weighted by Crippen LogP contribution is -2.42. The van der Waals surface area contributed by atoms with Crippen LogP contribution in [0.3, 0.4) is 0 Å². The number of aromatic nitrogens is 2. The molecule has 6 heteroatoms. The van der Waals surface area contributed by atoms with Gasteiger partial charge in [-0.3, -0.25) is 14.4 Å². The molecule has 1 saturated heterocycles. The summed E-state index contributed by atoms with van der Waals surface area (Å²) in [5.74, 6) is -0.686. The largest absolute Gasteiger partial charge is 0.480 e. The van der Waals surface area contributed by atoms with Gasteiger partial charge < -0.3 is 5.11 Å². The number of nitrogens with zero attached hydrogens (tertiary/aromatic N) is 3. The maximum Gasteiger partial charge on any atom is 0.320 e. The van der Waals surface area contributed by atoms with Crippen molar-refractivity contribution in [3.8, 4) is 22.4 Å². The summed E-state index contributed by atoms with van der Waals surface area (Å²) in [6.45, 7) is 0.886. The second-order valence-corrected chi connectivity index (χ2v) is 8.98. The number of rotatable bonds is 5. The first kappa shape index (κ1) is 20.3. The molecule has 1 unspecified atom stereocenters. The number of likely N-dealkylation sites (tertiary alicyclic amines) is 1. The number of carboxylic acids is 1. The van der Waals surface area contributed by atoms with Crippen LogP contribution in [0.2, 0.25) is 5.02 Å². The van der Waals surface area contributed by atoms with Crippen molar-refractivity contribution in [2.45, 2.75) is 50.2 Å². The van der Waals surface area contributed by atoms with E-state index in [4.69, 9.17) is 11.6 Å². The molecule has 0 amide bonds. The lowest BCUT2D eigenvalue weighted by Gasteiger charge is -2.28. The molecule has 160 valence electrons. The van der Waals surface area contributed by atoms with Gasteiger partial charge in [-0.1, -0.05) is 54.1 Å². The van der Waals surface area contributed by atoms with E-state index in [-0.39, 0.29) is 12.1 Å². The topological polar surface area (TPSA) is 58.4 Å². The summed E-state index contributed by atoms with van der Waals surface area (Å²) in [7, 11) is 0. The van der Waals surface area contributed by atoms with E-state index in [2.05, 4.69) is 38.9 Å². The zero-order valence-electron chi connectivity index (χ0n) is 17.3. The molecule has 5 nitrogen and oxygen atoms in total. The van der Waals surface area contributed by atoms with Crippen LogP contribution in [-0.2, 0) is 4.79 Å². The first-order chi connectivity index (χ1) is 15.1. The Bertz CT molecular complexity index is 1080. The van der Waals surface area contributed by atoms with Crippen LogP contribution < -0.4 is 0 Å². The number of hydrogen-bond acceptors (Lipinski definition) is 3. The average molecular weight is 436 g/mol. The van der Waals surface area contributed by atoms with Gasteiger partial charge in [0.2, 0.25) is 0 Å². The standard InChI is InChI=1S/C25H26ClN3O2/c26-22-15-18(8-11-21(22)17-5-2-1-3-6-17)23-12-13-27-29(23)20-10-9-19(16-20)28-14-4-7-24(28)25(30)31/h1-3,5-6,8,11-13,15,19-20,24H,4,7,9-10,14,16H2,(H,30,31)/t19-,20+,24?/m0/s1. The summed E-state index contributed by atoms with van der Waals surface area (Å²) in [5.41, 5.74) is 4.23. The minimum atomic E-state index is -0.686. The van der Waals surface area contributed by atoms with Crippen molar-refractivity contribution in [3.63, 3.8) is 0 Å². The zero-order valence-corrected chi connectivity index (χ0v) is 18.1. The van der Waals surface area contributed by atoms with Gasteiger partial charge in [-0.15, -0.1) is 0 Å².